The lowest BCUT2D eigenvalue weighted by atomic mass is 10.3. The van der Waals surface area contributed by atoms with Crippen LogP contribution in [-0.2, 0) is 14.3 Å². The number of ether oxygens (including phenoxy) is 1. The lowest BCUT2D eigenvalue weighted by Crippen LogP contribution is -2.25. The monoisotopic (exact) mass is 294 g/mol. The van der Waals surface area contributed by atoms with Crippen LogP contribution in [0.4, 0.5) is 5.69 Å². The van der Waals surface area contributed by atoms with Crippen molar-refractivity contribution in [3.8, 4) is 0 Å². The number of hydrogen-bond acceptors (Lipinski definition) is 6. The van der Waals surface area contributed by atoms with Gasteiger partial charge in [0.15, 0.2) is 5.12 Å². The Hall–Kier alpha value is -1.89. The van der Waals surface area contributed by atoms with Crippen LogP contribution in [0.25, 0.3) is 0 Å². The molecular formula is C13H14N2O4S. The van der Waals surface area contributed by atoms with E-state index in [0.29, 0.717) is 18.7 Å². The Morgan fingerprint density at radius 2 is 2.20 bits per heavy atom. The molecule has 1 aromatic rings. The molecule has 1 aromatic heterocycles. The van der Waals surface area contributed by atoms with Gasteiger partial charge in [-0.15, -0.1) is 0 Å². The highest BCUT2D eigenvalue weighted by Crippen LogP contribution is 2.28. The van der Waals surface area contributed by atoms with E-state index >= 15 is 0 Å². The minimum absolute atomic E-state index is 0.00353. The topological polar surface area (TPSA) is 76.6 Å². The predicted octanol–water partition coefficient (Wildman–Crippen LogP) is 1.25. The highest BCUT2D eigenvalue weighted by Gasteiger charge is 2.32. The van der Waals surface area contributed by atoms with Gasteiger partial charge < -0.3 is 9.64 Å². The van der Waals surface area contributed by atoms with Gasteiger partial charge in [-0.25, -0.2) is 9.78 Å². The molecule has 0 saturated carbocycles. The number of rotatable bonds is 3. The van der Waals surface area contributed by atoms with Gasteiger partial charge in [-0.1, -0.05) is 11.8 Å². The van der Waals surface area contributed by atoms with Crippen LogP contribution in [0.15, 0.2) is 18.3 Å². The molecule has 6 nitrogen and oxygen atoms in total. The summed E-state index contributed by atoms with van der Waals surface area (Å²) < 4.78 is 4.56. The zero-order valence-corrected chi connectivity index (χ0v) is 12.0. The lowest BCUT2D eigenvalue weighted by Gasteiger charge is -2.16. The van der Waals surface area contributed by atoms with Crippen LogP contribution in [0, 0.1) is 0 Å². The molecule has 0 aliphatic carbocycles. The van der Waals surface area contributed by atoms with Gasteiger partial charge in [0.05, 0.1) is 19.0 Å². The zero-order valence-electron chi connectivity index (χ0n) is 11.2. The Labute approximate surface area is 120 Å². The Morgan fingerprint density at radius 1 is 1.45 bits per heavy atom. The van der Waals surface area contributed by atoms with Gasteiger partial charge in [-0.3, -0.25) is 9.59 Å². The third-order valence-corrected chi connectivity index (χ3v) is 3.86. The van der Waals surface area contributed by atoms with Crippen molar-refractivity contribution in [2.24, 2.45) is 0 Å². The van der Waals surface area contributed by atoms with Crippen LogP contribution in [-0.4, -0.2) is 40.9 Å². The molecule has 1 aliphatic heterocycles. The van der Waals surface area contributed by atoms with Crippen molar-refractivity contribution in [1.82, 2.24) is 4.98 Å². The second-order valence-electron chi connectivity index (χ2n) is 4.33. The molecule has 1 fully saturated rings. The second kappa shape index (κ2) is 6.04. The van der Waals surface area contributed by atoms with Crippen molar-refractivity contribution in [3.63, 3.8) is 0 Å². The van der Waals surface area contributed by atoms with Crippen LogP contribution in [0.2, 0.25) is 0 Å². The smallest absolute Gasteiger partial charge is 0.356 e. The first-order chi connectivity index (χ1) is 9.51. The number of nitrogens with zero attached hydrogens (tertiary/aromatic N) is 2. The Bertz CT molecular complexity index is 544. The Kier molecular flexibility index (Phi) is 4.39. The van der Waals surface area contributed by atoms with E-state index in [2.05, 4.69) is 9.72 Å². The third-order valence-electron chi connectivity index (χ3n) is 2.88. The number of thioether (sulfide) groups is 1. The minimum atomic E-state index is -0.519. The van der Waals surface area contributed by atoms with Crippen LogP contribution < -0.4 is 4.90 Å². The average molecular weight is 294 g/mol. The normalized spacial score (nSPS) is 18.2. The molecule has 1 amide bonds. The highest BCUT2D eigenvalue weighted by atomic mass is 32.2. The SMILES string of the molecule is COC(=O)c1ccc(N2CC(SC(C)=O)CC2=O)cn1. The maximum atomic E-state index is 11.9. The van der Waals surface area contributed by atoms with Gasteiger partial charge in [0.2, 0.25) is 5.91 Å². The van der Waals surface area contributed by atoms with Gasteiger partial charge in [0.25, 0.3) is 0 Å². The molecule has 106 valence electrons. The summed E-state index contributed by atoms with van der Waals surface area (Å²) in [4.78, 5) is 39.8. The fraction of sp³-hybridized carbons (Fsp3) is 0.385. The van der Waals surface area contributed by atoms with E-state index in [0.717, 1.165) is 0 Å². The summed E-state index contributed by atoms with van der Waals surface area (Å²) in [6, 6.07) is 3.16. The van der Waals surface area contributed by atoms with E-state index in [9.17, 15) is 14.4 Å². The molecule has 1 aliphatic rings. The summed E-state index contributed by atoms with van der Waals surface area (Å²) >= 11 is 1.18. The molecule has 2 heterocycles. The van der Waals surface area contributed by atoms with Crippen molar-refractivity contribution in [3.05, 3.63) is 24.0 Å². The van der Waals surface area contributed by atoms with Gasteiger partial charge in [0.1, 0.15) is 5.69 Å². The second-order valence-corrected chi connectivity index (χ2v) is 5.81. The zero-order chi connectivity index (χ0) is 14.7. The lowest BCUT2D eigenvalue weighted by molar-refractivity contribution is -0.117. The van der Waals surface area contributed by atoms with E-state index in [4.69, 9.17) is 0 Å². The average Bonchev–Trinajstić information content (AvgIpc) is 2.78. The van der Waals surface area contributed by atoms with Gasteiger partial charge in [-0.05, 0) is 12.1 Å². The molecule has 2 rings (SSSR count). The van der Waals surface area contributed by atoms with Crippen molar-refractivity contribution in [2.75, 3.05) is 18.6 Å². The van der Waals surface area contributed by atoms with E-state index in [1.54, 1.807) is 11.0 Å². The largest absolute Gasteiger partial charge is 0.464 e. The fourth-order valence-corrected chi connectivity index (χ4v) is 2.93. The molecule has 7 heteroatoms. The molecule has 0 radical (unpaired) electrons. The van der Waals surface area contributed by atoms with Gasteiger partial charge >= 0.3 is 5.97 Å². The number of methoxy groups -OCH3 is 1. The molecule has 1 atom stereocenters. The molecule has 1 saturated heterocycles. The summed E-state index contributed by atoms with van der Waals surface area (Å²) in [6.45, 7) is 1.97. The Balaban J connectivity index is 2.10. The molecule has 1 unspecified atom stereocenters. The maximum absolute atomic E-state index is 11.9. The Morgan fingerprint density at radius 3 is 2.75 bits per heavy atom. The number of hydrogen-bond donors (Lipinski definition) is 0. The van der Waals surface area contributed by atoms with E-state index in [1.807, 2.05) is 0 Å². The summed E-state index contributed by atoms with van der Waals surface area (Å²) in [5.74, 6) is -0.564. The molecular weight excluding hydrogens is 280 g/mol. The molecule has 0 bridgehead atoms. The number of carbonyl (C=O) groups excluding carboxylic acids is 3. The summed E-state index contributed by atoms with van der Waals surface area (Å²) in [5.41, 5.74) is 0.812. The van der Waals surface area contributed by atoms with Crippen molar-refractivity contribution in [1.29, 1.82) is 0 Å². The molecule has 0 spiro atoms. The summed E-state index contributed by atoms with van der Waals surface area (Å²) in [6.07, 6.45) is 1.80. The number of anilines is 1. The standard InChI is InChI=1S/C13H14N2O4S/c1-8(16)20-10-5-12(17)15(7-10)9-3-4-11(14-6-9)13(18)19-2/h3-4,6,10H,5,7H2,1-2H3. The van der Waals surface area contributed by atoms with E-state index in [1.165, 1.54) is 38.1 Å². The van der Waals surface area contributed by atoms with E-state index in [-0.39, 0.29) is 22.0 Å². The predicted molar refractivity (Wildman–Crippen MR) is 74.6 cm³/mol. The highest BCUT2D eigenvalue weighted by molar-refractivity contribution is 8.14. The molecule has 0 N–H and O–H groups in total. The quantitative estimate of drug-likeness (QED) is 0.781. The molecule has 0 aromatic carbocycles. The van der Waals surface area contributed by atoms with Crippen molar-refractivity contribution in [2.45, 2.75) is 18.6 Å². The maximum Gasteiger partial charge on any atom is 0.356 e. The number of pyridine rings is 1. The third kappa shape index (κ3) is 3.16. The van der Waals surface area contributed by atoms with Gasteiger partial charge in [0, 0.05) is 25.1 Å². The number of amides is 1. The minimum Gasteiger partial charge on any atom is -0.464 e. The van der Waals surface area contributed by atoms with Crippen molar-refractivity contribution < 1.29 is 19.1 Å². The first-order valence-electron chi connectivity index (χ1n) is 6.03. The van der Waals surface area contributed by atoms with Crippen LogP contribution in [0.5, 0.6) is 0 Å². The van der Waals surface area contributed by atoms with Crippen molar-refractivity contribution >= 4 is 34.4 Å². The van der Waals surface area contributed by atoms with Crippen LogP contribution in [0.3, 0.4) is 0 Å². The first kappa shape index (κ1) is 14.5. The summed E-state index contributed by atoms with van der Waals surface area (Å²) in [7, 11) is 1.28. The first-order valence-corrected chi connectivity index (χ1v) is 6.91. The van der Waals surface area contributed by atoms with Gasteiger partial charge in [-0.2, -0.15) is 0 Å². The molecule has 20 heavy (non-hydrogen) atoms. The number of esters is 1. The summed E-state index contributed by atoms with van der Waals surface area (Å²) in [5, 5.41) is -0.0240. The fourth-order valence-electron chi connectivity index (χ4n) is 2.01. The number of aromatic nitrogens is 1. The number of carbonyl (C=O) groups is 3. The van der Waals surface area contributed by atoms with E-state index < -0.39 is 5.97 Å². The van der Waals surface area contributed by atoms with Crippen LogP contribution >= 0.6 is 11.8 Å². The van der Waals surface area contributed by atoms with Crippen LogP contribution in [0.1, 0.15) is 23.8 Å².